The zero-order valence-corrected chi connectivity index (χ0v) is 15.0. The van der Waals surface area contributed by atoms with E-state index in [4.69, 9.17) is 9.57 Å². The minimum atomic E-state index is -0.309. The van der Waals surface area contributed by atoms with Gasteiger partial charge in [-0.05, 0) is 39.0 Å². The summed E-state index contributed by atoms with van der Waals surface area (Å²) < 4.78 is 6.26. The Hall–Kier alpha value is -1.02. The molecule has 3 fully saturated rings. The van der Waals surface area contributed by atoms with Crippen LogP contribution in [0.4, 0.5) is 0 Å². The molecule has 0 N–H and O–H groups in total. The molecule has 3 aliphatic heterocycles. The molecule has 0 radical (unpaired) electrons. The Morgan fingerprint density at radius 2 is 2.21 bits per heavy atom. The van der Waals surface area contributed by atoms with E-state index < -0.39 is 0 Å². The van der Waals surface area contributed by atoms with Gasteiger partial charge in [0.05, 0.1) is 29.5 Å². The number of carbonyl (C=O) groups excluding carboxylic acids is 1. The van der Waals surface area contributed by atoms with Gasteiger partial charge in [0.25, 0.3) is 5.91 Å². The van der Waals surface area contributed by atoms with Gasteiger partial charge in [-0.25, -0.2) is 10.0 Å². The minimum Gasteiger partial charge on any atom is -0.362 e. The van der Waals surface area contributed by atoms with Crippen molar-refractivity contribution in [1.29, 1.82) is 0 Å². The molecule has 0 aromatic carbocycles. The Labute approximate surface area is 146 Å². The molecule has 1 atom stereocenters. The quantitative estimate of drug-likeness (QED) is 0.835. The predicted octanol–water partition coefficient (Wildman–Crippen LogP) is 2.13. The Kier molecular flexibility index (Phi) is 4.60. The highest BCUT2D eigenvalue weighted by Gasteiger charge is 2.46. The number of likely N-dealkylation sites (tertiary alicyclic amines) is 1. The standard InChI is InChI=1S/C17H25N3O3S/c1-13-18-14(12-24-13)11-19-8-5-17(6-9-19)4-3-15(23-17)16(21)20-7-2-10-22-20/h12,15H,2-11H2,1H3/t15-/m0/s1. The van der Waals surface area contributed by atoms with E-state index in [1.807, 2.05) is 6.92 Å². The lowest BCUT2D eigenvalue weighted by atomic mass is 9.88. The Bertz CT molecular complexity index is 592. The molecule has 6 nitrogen and oxygen atoms in total. The summed E-state index contributed by atoms with van der Waals surface area (Å²) in [6, 6.07) is 0. The van der Waals surface area contributed by atoms with Crippen LogP contribution in [0.1, 0.15) is 42.8 Å². The number of piperidine rings is 1. The molecule has 0 bridgehead atoms. The fourth-order valence-electron chi connectivity index (χ4n) is 3.97. The van der Waals surface area contributed by atoms with Gasteiger partial charge in [0, 0.05) is 25.0 Å². The molecule has 1 spiro atoms. The lowest BCUT2D eigenvalue weighted by Gasteiger charge is -2.39. The summed E-state index contributed by atoms with van der Waals surface area (Å²) in [7, 11) is 0. The summed E-state index contributed by atoms with van der Waals surface area (Å²) in [4.78, 5) is 24.8. The second kappa shape index (κ2) is 6.71. The second-order valence-electron chi connectivity index (χ2n) is 7.09. The number of rotatable bonds is 3. The van der Waals surface area contributed by atoms with E-state index in [0.29, 0.717) is 13.2 Å². The highest BCUT2D eigenvalue weighted by molar-refractivity contribution is 7.09. The molecule has 132 valence electrons. The molecule has 4 heterocycles. The smallest absolute Gasteiger partial charge is 0.275 e. The monoisotopic (exact) mass is 351 g/mol. The fourth-order valence-corrected chi connectivity index (χ4v) is 4.57. The van der Waals surface area contributed by atoms with Gasteiger partial charge in [-0.15, -0.1) is 11.3 Å². The number of carbonyl (C=O) groups is 1. The number of hydroxylamine groups is 2. The summed E-state index contributed by atoms with van der Waals surface area (Å²) in [6.45, 7) is 6.34. The fraction of sp³-hybridized carbons (Fsp3) is 0.765. The lowest BCUT2D eigenvalue weighted by molar-refractivity contribution is -0.185. The third-order valence-electron chi connectivity index (χ3n) is 5.35. The molecule has 1 amide bonds. The van der Waals surface area contributed by atoms with Gasteiger partial charge in [-0.1, -0.05) is 0 Å². The van der Waals surface area contributed by atoms with Crippen LogP contribution in [0.15, 0.2) is 5.38 Å². The first-order chi connectivity index (χ1) is 11.6. The van der Waals surface area contributed by atoms with Crippen LogP contribution in [0.2, 0.25) is 0 Å². The zero-order chi connectivity index (χ0) is 16.6. The molecule has 0 aliphatic carbocycles. The topological polar surface area (TPSA) is 54.9 Å². The number of ether oxygens (including phenoxy) is 1. The van der Waals surface area contributed by atoms with E-state index in [2.05, 4.69) is 15.3 Å². The van der Waals surface area contributed by atoms with E-state index in [1.54, 1.807) is 11.3 Å². The first kappa shape index (κ1) is 16.4. The van der Waals surface area contributed by atoms with Crippen LogP contribution in [-0.4, -0.2) is 58.8 Å². The van der Waals surface area contributed by atoms with E-state index in [-0.39, 0.29) is 17.6 Å². The van der Waals surface area contributed by atoms with E-state index in [9.17, 15) is 4.79 Å². The molecule has 3 saturated heterocycles. The van der Waals surface area contributed by atoms with E-state index in [0.717, 1.165) is 56.7 Å². The number of amides is 1. The molecule has 7 heteroatoms. The number of aryl methyl sites for hydroxylation is 1. The third kappa shape index (κ3) is 3.35. The van der Waals surface area contributed by atoms with Crippen LogP contribution in [0.25, 0.3) is 0 Å². The summed E-state index contributed by atoms with van der Waals surface area (Å²) in [6.07, 6.45) is 4.43. The first-order valence-electron chi connectivity index (χ1n) is 8.89. The third-order valence-corrected chi connectivity index (χ3v) is 6.17. The molecular formula is C17H25N3O3S. The maximum Gasteiger partial charge on any atom is 0.275 e. The number of aromatic nitrogens is 1. The average molecular weight is 351 g/mol. The van der Waals surface area contributed by atoms with Gasteiger partial charge in [-0.2, -0.15) is 0 Å². The van der Waals surface area contributed by atoms with Crippen molar-refractivity contribution in [2.24, 2.45) is 0 Å². The highest BCUT2D eigenvalue weighted by Crippen LogP contribution is 2.39. The summed E-state index contributed by atoms with van der Waals surface area (Å²) in [5.41, 5.74) is 1.06. The molecular weight excluding hydrogens is 326 g/mol. The van der Waals surface area contributed by atoms with Crippen LogP contribution >= 0.6 is 11.3 Å². The Balaban J connectivity index is 1.29. The normalized spacial score (nSPS) is 27.2. The maximum absolute atomic E-state index is 12.4. The van der Waals surface area contributed by atoms with Gasteiger partial charge in [0.15, 0.2) is 0 Å². The number of thiazole rings is 1. The predicted molar refractivity (Wildman–Crippen MR) is 90.5 cm³/mol. The summed E-state index contributed by atoms with van der Waals surface area (Å²) in [5, 5.41) is 4.78. The molecule has 1 aromatic rings. The van der Waals surface area contributed by atoms with Crippen LogP contribution in [0.3, 0.4) is 0 Å². The van der Waals surface area contributed by atoms with E-state index in [1.165, 1.54) is 10.8 Å². The molecule has 0 saturated carbocycles. The van der Waals surface area contributed by atoms with Crippen molar-refractivity contribution in [2.45, 2.75) is 57.3 Å². The van der Waals surface area contributed by atoms with Crippen molar-refractivity contribution in [3.8, 4) is 0 Å². The van der Waals surface area contributed by atoms with Crippen molar-refractivity contribution in [3.63, 3.8) is 0 Å². The van der Waals surface area contributed by atoms with Crippen LogP contribution in [-0.2, 0) is 20.9 Å². The average Bonchev–Trinajstić information content (AvgIpc) is 3.31. The number of hydrogen-bond acceptors (Lipinski definition) is 6. The zero-order valence-electron chi connectivity index (χ0n) is 14.2. The van der Waals surface area contributed by atoms with Crippen LogP contribution in [0.5, 0.6) is 0 Å². The van der Waals surface area contributed by atoms with Gasteiger partial charge < -0.3 is 4.74 Å². The lowest BCUT2D eigenvalue weighted by Crippen LogP contribution is -2.45. The van der Waals surface area contributed by atoms with Crippen molar-refractivity contribution >= 4 is 17.2 Å². The van der Waals surface area contributed by atoms with Crippen molar-refractivity contribution in [2.75, 3.05) is 26.2 Å². The minimum absolute atomic E-state index is 0.0183. The number of nitrogens with zero attached hydrogens (tertiary/aromatic N) is 3. The summed E-state index contributed by atoms with van der Waals surface area (Å²) in [5.74, 6) is 0.0183. The van der Waals surface area contributed by atoms with Gasteiger partial charge in [0.2, 0.25) is 0 Å². The van der Waals surface area contributed by atoms with E-state index >= 15 is 0 Å². The van der Waals surface area contributed by atoms with Crippen LogP contribution in [0, 0.1) is 6.92 Å². The second-order valence-corrected chi connectivity index (χ2v) is 8.15. The van der Waals surface area contributed by atoms with Gasteiger partial charge >= 0.3 is 0 Å². The molecule has 1 aromatic heterocycles. The first-order valence-corrected chi connectivity index (χ1v) is 9.77. The maximum atomic E-state index is 12.4. The Morgan fingerprint density at radius 1 is 1.38 bits per heavy atom. The highest BCUT2D eigenvalue weighted by atomic mass is 32.1. The number of hydrogen-bond donors (Lipinski definition) is 0. The van der Waals surface area contributed by atoms with Crippen molar-refractivity contribution in [3.05, 3.63) is 16.1 Å². The van der Waals surface area contributed by atoms with Gasteiger partial charge in [-0.3, -0.25) is 14.5 Å². The molecule has 24 heavy (non-hydrogen) atoms. The summed E-state index contributed by atoms with van der Waals surface area (Å²) >= 11 is 1.71. The Morgan fingerprint density at radius 3 is 2.88 bits per heavy atom. The van der Waals surface area contributed by atoms with Gasteiger partial charge in [0.1, 0.15) is 6.10 Å². The SMILES string of the molecule is Cc1nc(CN2CCC3(CC[C@@H](C(=O)N4CCCO4)O3)CC2)cs1. The molecule has 4 rings (SSSR count). The van der Waals surface area contributed by atoms with Crippen molar-refractivity contribution in [1.82, 2.24) is 14.9 Å². The molecule has 3 aliphatic rings. The molecule has 0 unspecified atom stereocenters. The van der Waals surface area contributed by atoms with Crippen LogP contribution < -0.4 is 0 Å². The van der Waals surface area contributed by atoms with Crippen molar-refractivity contribution < 1.29 is 14.4 Å². The largest absolute Gasteiger partial charge is 0.362 e.